The lowest BCUT2D eigenvalue weighted by atomic mass is 10.1. The maximum Gasteiger partial charge on any atom is 0.341 e. The molecule has 9 nitrogen and oxygen atoms in total. The number of amides is 2. The molecule has 1 saturated heterocycles. The van der Waals surface area contributed by atoms with Crippen molar-refractivity contribution in [3.63, 3.8) is 0 Å². The van der Waals surface area contributed by atoms with Crippen LogP contribution in [0.25, 0.3) is 10.4 Å². The number of rotatable bonds is 8. The van der Waals surface area contributed by atoms with Gasteiger partial charge in [-0.1, -0.05) is 36.4 Å². The van der Waals surface area contributed by atoms with Crippen LogP contribution in [0.15, 0.2) is 60.7 Å². The molecule has 0 unspecified atom stereocenters. The number of anilines is 2. The standard InChI is InChI=1S/C26H27N3O6S2/c1-3-35-26(32)21-15-22(17-8-5-4-6-9-17)36-24(21)27-23(30)19-12-13-29(16-19)25(31)18-10-7-11-20(14-18)28-37(2,33)34/h4-11,14-15,19,28H,3,12-13,16H2,1-2H3,(H,27,30)/t19-/m1/s1. The van der Waals surface area contributed by atoms with E-state index in [4.69, 9.17) is 4.74 Å². The zero-order valence-corrected chi connectivity index (χ0v) is 22.0. The zero-order chi connectivity index (χ0) is 26.6. The second kappa shape index (κ2) is 11.1. The minimum absolute atomic E-state index is 0.208. The van der Waals surface area contributed by atoms with Crippen LogP contribution in [0.4, 0.5) is 10.7 Å². The van der Waals surface area contributed by atoms with Crippen LogP contribution in [0, 0.1) is 5.92 Å². The largest absolute Gasteiger partial charge is 0.462 e. The number of esters is 1. The van der Waals surface area contributed by atoms with E-state index < -0.39 is 21.9 Å². The molecule has 1 fully saturated rings. The van der Waals surface area contributed by atoms with Crippen molar-refractivity contribution in [2.24, 2.45) is 5.92 Å². The molecule has 3 aromatic rings. The van der Waals surface area contributed by atoms with Crippen LogP contribution in [0.2, 0.25) is 0 Å². The van der Waals surface area contributed by atoms with Crippen LogP contribution in [-0.2, 0) is 19.6 Å². The third-order valence-corrected chi connectivity index (χ3v) is 7.49. The molecule has 37 heavy (non-hydrogen) atoms. The van der Waals surface area contributed by atoms with Crippen LogP contribution in [0.1, 0.15) is 34.1 Å². The first-order valence-electron chi connectivity index (χ1n) is 11.7. The molecule has 0 saturated carbocycles. The Kier molecular flexibility index (Phi) is 7.94. The van der Waals surface area contributed by atoms with Gasteiger partial charge in [0.1, 0.15) is 5.00 Å². The summed E-state index contributed by atoms with van der Waals surface area (Å²) in [7, 11) is -3.48. The van der Waals surface area contributed by atoms with Crippen LogP contribution in [0.5, 0.6) is 0 Å². The van der Waals surface area contributed by atoms with E-state index in [0.717, 1.165) is 16.7 Å². The number of hydrogen-bond donors (Lipinski definition) is 2. The molecule has 0 bridgehead atoms. The second-order valence-electron chi connectivity index (χ2n) is 8.62. The lowest BCUT2D eigenvalue weighted by Crippen LogP contribution is -2.31. The van der Waals surface area contributed by atoms with Gasteiger partial charge in [0, 0.05) is 29.2 Å². The molecule has 0 radical (unpaired) electrons. The lowest BCUT2D eigenvalue weighted by Gasteiger charge is -2.17. The van der Waals surface area contributed by atoms with Gasteiger partial charge in [0.2, 0.25) is 15.9 Å². The molecule has 1 aromatic heterocycles. The summed E-state index contributed by atoms with van der Waals surface area (Å²) in [6.45, 7) is 2.52. The van der Waals surface area contributed by atoms with Crippen LogP contribution in [0.3, 0.4) is 0 Å². The van der Waals surface area contributed by atoms with E-state index in [2.05, 4.69) is 10.0 Å². The summed E-state index contributed by atoms with van der Waals surface area (Å²) in [5, 5.41) is 3.29. The van der Waals surface area contributed by atoms with Crippen molar-refractivity contribution in [1.29, 1.82) is 0 Å². The topological polar surface area (TPSA) is 122 Å². The first-order chi connectivity index (χ1) is 17.6. The maximum atomic E-state index is 13.1. The van der Waals surface area contributed by atoms with Crippen molar-refractivity contribution in [3.05, 3.63) is 71.8 Å². The van der Waals surface area contributed by atoms with Gasteiger partial charge < -0.3 is 15.0 Å². The van der Waals surface area contributed by atoms with Gasteiger partial charge in [0.25, 0.3) is 5.91 Å². The van der Waals surface area contributed by atoms with Crippen LogP contribution < -0.4 is 10.0 Å². The van der Waals surface area contributed by atoms with Crippen LogP contribution >= 0.6 is 11.3 Å². The van der Waals surface area contributed by atoms with E-state index in [1.165, 1.54) is 17.4 Å². The number of nitrogens with one attached hydrogen (secondary N) is 2. The summed E-state index contributed by atoms with van der Waals surface area (Å²) in [4.78, 5) is 41.1. The van der Waals surface area contributed by atoms with Crippen molar-refractivity contribution in [2.45, 2.75) is 13.3 Å². The Bertz CT molecular complexity index is 1420. The fourth-order valence-electron chi connectivity index (χ4n) is 4.07. The Hall–Kier alpha value is -3.70. The molecule has 194 valence electrons. The normalized spacial score (nSPS) is 15.3. The van der Waals surface area contributed by atoms with Gasteiger partial charge in [0.05, 0.1) is 24.3 Å². The quantitative estimate of drug-likeness (QED) is 0.415. The Labute approximate surface area is 219 Å². The third-order valence-electron chi connectivity index (χ3n) is 5.78. The zero-order valence-electron chi connectivity index (χ0n) is 20.4. The molecule has 2 aromatic carbocycles. The summed E-state index contributed by atoms with van der Waals surface area (Å²) < 4.78 is 30.6. The Balaban J connectivity index is 1.47. The van der Waals surface area contributed by atoms with Gasteiger partial charge in [0.15, 0.2) is 0 Å². The van der Waals surface area contributed by atoms with Gasteiger partial charge in [-0.15, -0.1) is 11.3 Å². The van der Waals surface area contributed by atoms with E-state index in [-0.39, 0.29) is 25.0 Å². The summed E-state index contributed by atoms with van der Waals surface area (Å²) in [6.07, 6.45) is 1.50. The van der Waals surface area contributed by atoms with Gasteiger partial charge in [-0.05, 0) is 43.2 Å². The van der Waals surface area contributed by atoms with Crippen molar-refractivity contribution in [3.8, 4) is 10.4 Å². The Morgan fingerprint density at radius 3 is 2.54 bits per heavy atom. The van der Waals surface area contributed by atoms with Gasteiger partial charge in [-0.25, -0.2) is 13.2 Å². The lowest BCUT2D eigenvalue weighted by molar-refractivity contribution is -0.119. The average molecular weight is 542 g/mol. The highest BCUT2D eigenvalue weighted by molar-refractivity contribution is 7.92. The monoisotopic (exact) mass is 541 g/mol. The van der Waals surface area contributed by atoms with Gasteiger partial charge >= 0.3 is 5.97 Å². The van der Waals surface area contributed by atoms with Crippen molar-refractivity contribution >= 4 is 49.8 Å². The van der Waals surface area contributed by atoms with Gasteiger partial charge in [-0.2, -0.15) is 0 Å². The number of nitrogens with zero attached hydrogens (tertiary/aromatic N) is 1. The molecule has 2 amide bonds. The molecule has 2 N–H and O–H groups in total. The minimum Gasteiger partial charge on any atom is -0.462 e. The average Bonchev–Trinajstić information content (AvgIpc) is 3.51. The molecule has 1 aliphatic rings. The van der Waals surface area contributed by atoms with Crippen molar-refractivity contribution in [2.75, 3.05) is 36.0 Å². The van der Waals surface area contributed by atoms with Gasteiger partial charge in [-0.3, -0.25) is 14.3 Å². The molecule has 2 heterocycles. The Morgan fingerprint density at radius 2 is 1.84 bits per heavy atom. The summed E-state index contributed by atoms with van der Waals surface area (Å²) in [5.74, 6) is -1.54. The highest BCUT2D eigenvalue weighted by Gasteiger charge is 2.32. The fraction of sp³-hybridized carbons (Fsp3) is 0.269. The number of carbonyl (C=O) groups excluding carboxylic acids is 3. The molecule has 11 heteroatoms. The van der Waals surface area contributed by atoms with E-state index in [1.54, 1.807) is 36.1 Å². The summed E-state index contributed by atoms with van der Waals surface area (Å²) in [6, 6.07) is 17.5. The SMILES string of the molecule is CCOC(=O)c1cc(-c2ccccc2)sc1NC(=O)[C@@H]1CCN(C(=O)c2cccc(NS(C)(=O)=O)c2)C1. The molecular weight excluding hydrogens is 514 g/mol. The first-order valence-corrected chi connectivity index (χ1v) is 14.4. The number of sulfonamides is 1. The second-order valence-corrected chi connectivity index (χ2v) is 11.4. The van der Waals surface area contributed by atoms with E-state index in [0.29, 0.717) is 34.8 Å². The number of thiophene rings is 1. The highest BCUT2D eigenvalue weighted by atomic mass is 32.2. The number of hydrogen-bond acceptors (Lipinski definition) is 7. The third kappa shape index (κ3) is 6.55. The number of ether oxygens (including phenoxy) is 1. The first kappa shape index (κ1) is 26.4. The highest BCUT2D eigenvalue weighted by Crippen LogP contribution is 2.36. The number of likely N-dealkylation sites (tertiary alicyclic amines) is 1. The summed E-state index contributed by atoms with van der Waals surface area (Å²) >= 11 is 1.29. The molecule has 1 atom stereocenters. The number of carbonyl (C=O) groups is 3. The van der Waals surface area contributed by atoms with Crippen LogP contribution in [-0.4, -0.2) is 57.1 Å². The van der Waals surface area contributed by atoms with E-state index in [9.17, 15) is 22.8 Å². The molecule has 1 aliphatic heterocycles. The fourth-order valence-corrected chi connectivity index (χ4v) is 5.68. The molecular formula is C26H27N3O6S2. The van der Waals surface area contributed by atoms with E-state index >= 15 is 0 Å². The smallest absolute Gasteiger partial charge is 0.341 e. The maximum absolute atomic E-state index is 13.1. The van der Waals surface area contributed by atoms with Crippen molar-refractivity contribution < 1.29 is 27.5 Å². The van der Waals surface area contributed by atoms with Crippen molar-refractivity contribution in [1.82, 2.24) is 4.90 Å². The number of benzene rings is 2. The minimum atomic E-state index is -3.48. The Morgan fingerprint density at radius 1 is 1.08 bits per heavy atom. The molecule has 4 rings (SSSR count). The predicted octanol–water partition coefficient (Wildman–Crippen LogP) is 4.06. The summed E-state index contributed by atoms with van der Waals surface area (Å²) in [5.41, 5.74) is 1.83. The predicted molar refractivity (Wildman–Crippen MR) is 143 cm³/mol. The molecule has 0 aliphatic carbocycles. The molecule has 0 spiro atoms. The van der Waals surface area contributed by atoms with E-state index in [1.807, 2.05) is 30.3 Å².